The lowest BCUT2D eigenvalue weighted by Crippen LogP contribution is -2.50. The van der Waals surface area contributed by atoms with E-state index in [1.807, 2.05) is 11.8 Å². The summed E-state index contributed by atoms with van der Waals surface area (Å²) in [5.41, 5.74) is 0.914. The molecule has 0 atom stereocenters. The molecule has 2 aromatic rings. The Bertz CT molecular complexity index is 878. The van der Waals surface area contributed by atoms with E-state index in [0.717, 1.165) is 5.69 Å². The van der Waals surface area contributed by atoms with Crippen LogP contribution in [-0.4, -0.2) is 70.7 Å². The highest BCUT2D eigenvalue weighted by atomic mass is 19.3. The fourth-order valence-corrected chi connectivity index (χ4v) is 3.23. The molecule has 0 unspecified atom stereocenters. The SMILES string of the molecule is Cc1cc(NC(=O)CN2CCN(C(=O)c3ccccc3OC(F)F)CC2)n(C)n1. The van der Waals surface area contributed by atoms with Crippen LogP contribution in [0.5, 0.6) is 5.75 Å². The molecular formula is C19H23F2N5O3. The van der Waals surface area contributed by atoms with E-state index in [2.05, 4.69) is 15.2 Å². The molecule has 29 heavy (non-hydrogen) atoms. The summed E-state index contributed by atoms with van der Waals surface area (Å²) in [6.45, 7) is 0.818. The minimum absolute atomic E-state index is 0.102. The Morgan fingerprint density at radius 3 is 2.52 bits per heavy atom. The highest BCUT2D eigenvalue weighted by molar-refractivity contribution is 5.97. The van der Waals surface area contributed by atoms with Gasteiger partial charge in [0.2, 0.25) is 5.91 Å². The average Bonchev–Trinajstić information content (AvgIpc) is 2.98. The lowest BCUT2D eigenvalue weighted by molar-refractivity contribution is -0.117. The Kier molecular flexibility index (Phi) is 6.42. The Morgan fingerprint density at radius 2 is 1.90 bits per heavy atom. The maximum Gasteiger partial charge on any atom is 0.387 e. The maximum atomic E-state index is 12.7. The predicted molar refractivity (Wildman–Crippen MR) is 102 cm³/mol. The van der Waals surface area contributed by atoms with Crippen molar-refractivity contribution in [3.63, 3.8) is 0 Å². The highest BCUT2D eigenvalue weighted by Crippen LogP contribution is 2.22. The number of halogens is 2. The van der Waals surface area contributed by atoms with Crippen molar-refractivity contribution in [2.45, 2.75) is 13.5 Å². The van der Waals surface area contributed by atoms with Crippen molar-refractivity contribution in [2.24, 2.45) is 7.05 Å². The molecule has 1 aliphatic heterocycles. The number of nitrogens with zero attached hydrogens (tertiary/aromatic N) is 4. The molecular weight excluding hydrogens is 384 g/mol. The number of carbonyl (C=O) groups is 2. The van der Waals surface area contributed by atoms with Gasteiger partial charge in [-0.05, 0) is 19.1 Å². The van der Waals surface area contributed by atoms with E-state index in [0.29, 0.717) is 32.0 Å². The molecule has 2 amide bonds. The van der Waals surface area contributed by atoms with Gasteiger partial charge in [-0.3, -0.25) is 19.2 Å². The Labute approximate surface area is 167 Å². The van der Waals surface area contributed by atoms with Crippen LogP contribution in [0, 0.1) is 6.92 Å². The first-order valence-corrected chi connectivity index (χ1v) is 9.19. The van der Waals surface area contributed by atoms with Crippen LogP contribution in [0.2, 0.25) is 0 Å². The number of carbonyl (C=O) groups excluding carboxylic acids is 2. The number of hydrogen-bond donors (Lipinski definition) is 1. The van der Waals surface area contributed by atoms with Gasteiger partial charge in [-0.2, -0.15) is 13.9 Å². The molecule has 0 bridgehead atoms. The van der Waals surface area contributed by atoms with Gasteiger partial charge in [0.15, 0.2) is 0 Å². The van der Waals surface area contributed by atoms with E-state index in [4.69, 9.17) is 0 Å². The van der Waals surface area contributed by atoms with Crippen molar-refractivity contribution in [2.75, 3.05) is 38.0 Å². The molecule has 10 heteroatoms. The fraction of sp³-hybridized carbons (Fsp3) is 0.421. The van der Waals surface area contributed by atoms with Crippen LogP contribution in [0.3, 0.4) is 0 Å². The minimum atomic E-state index is -3.00. The zero-order valence-corrected chi connectivity index (χ0v) is 16.3. The molecule has 1 saturated heterocycles. The Morgan fingerprint density at radius 1 is 1.21 bits per heavy atom. The molecule has 1 aliphatic rings. The molecule has 0 saturated carbocycles. The second-order valence-electron chi connectivity index (χ2n) is 6.79. The average molecular weight is 407 g/mol. The van der Waals surface area contributed by atoms with E-state index >= 15 is 0 Å². The van der Waals surface area contributed by atoms with Crippen LogP contribution in [-0.2, 0) is 11.8 Å². The van der Waals surface area contributed by atoms with E-state index in [9.17, 15) is 18.4 Å². The maximum absolute atomic E-state index is 12.7. The van der Waals surface area contributed by atoms with E-state index in [-0.39, 0.29) is 29.7 Å². The zero-order valence-electron chi connectivity index (χ0n) is 16.3. The van der Waals surface area contributed by atoms with Crippen LogP contribution in [0.4, 0.5) is 14.6 Å². The number of para-hydroxylation sites is 1. The van der Waals surface area contributed by atoms with Gasteiger partial charge < -0.3 is 15.0 Å². The summed E-state index contributed by atoms with van der Waals surface area (Å²) in [4.78, 5) is 28.5. The predicted octanol–water partition coefficient (Wildman–Crippen LogP) is 1.73. The lowest BCUT2D eigenvalue weighted by atomic mass is 10.1. The third kappa shape index (κ3) is 5.29. The normalized spacial score (nSPS) is 14.9. The van der Waals surface area contributed by atoms with Gasteiger partial charge in [0.25, 0.3) is 5.91 Å². The van der Waals surface area contributed by atoms with Crippen molar-refractivity contribution in [1.82, 2.24) is 19.6 Å². The smallest absolute Gasteiger partial charge is 0.387 e. The molecule has 8 nitrogen and oxygen atoms in total. The van der Waals surface area contributed by atoms with Crippen molar-refractivity contribution >= 4 is 17.6 Å². The van der Waals surface area contributed by atoms with Crippen molar-refractivity contribution in [3.05, 3.63) is 41.6 Å². The number of anilines is 1. The molecule has 0 radical (unpaired) electrons. The number of rotatable bonds is 6. The first-order chi connectivity index (χ1) is 13.8. The van der Waals surface area contributed by atoms with E-state index < -0.39 is 6.61 Å². The van der Waals surface area contributed by atoms with Crippen LogP contribution < -0.4 is 10.1 Å². The standard InChI is InChI=1S/C19H23F2N5O3/c1-13-11-16(24(2)23-13)22-17(27)12-25-7-9-26(10-8-25)18(28)14-5-3-4-6-15(14)29-19(20)21/h3-6,11,19H,7-10,12H2,1-2H3,(H,22,27). The number of amides is 2. The third-order valence-electron chi connectivity index (χ3n) is 4.63. The van der Waals surface area contributed by atoms with Gasteiger partial charge >= 0.3 is 6.61 Å². The van der Waals surface area contributed by atoms with Crippen molar-refractivity contribution < 1.29 is 23.1 Å². The van der Waals surface area contributed by atoms with E-state index in [1.54, 1.807) is 28.8 Å². The van der Waals surface area contributed by atoms with Crippen LogP contribution >= 0.6 is 0 Å². The largest absolute Gasteiger partial charge is 0.434 e. The summed E-state index contributed by atoms with van der Waals surface area (Å²) in [7, 11) is 1.75. The quantitative estimate of drug-likeness (QED) is 0.789. The summed E-state index contributed by atoms with van der Waals surface area (Å²) in [5, 5.41) is 7.00. The van der Waals surface area contributed by atoms with Gasteiger partial charge in [-0.15, -0.1) is 0 Å². The minimum Gasteiger partial charge on any atom is -0.434 e. The Balaban J connectivity index is 1.53. The van der Waals surface area contributed by atoms with E-state index in [1.165, 1.54) is 18.2 Å². The molecule has 0 aliphatic carbocycles. The summed E-state index contributed by atoms with van der Waals surface area (Å²) >= 11 is 0. The second kappa shape index (κ2) is 8.99. The van der Waals surface area contributed by atoms with Gasteiger partial charge in [0, 0.05) is 39.3 Å². The molecule has 0 spiro atoms. The summed E-state index contributed by atoms with van der Waals surface area (Å²) in [6, 6.07) is 7.74. The summed E-state index contributed by atoms with van der Waals surface area (Å²) in [6.07, 6.45) is 0. The monoisotopic (exact) mass is 407 g/mol. The third-order valence-corrected chi connectivity index (χ3v) is 4.63. The topological polar surface area (TPSA) is 79.7 Å². The number of nitrogens with one attached hydrogen (secondary N) is 1. The number of ether oxygens (including phenoxy) is 1. The second-order valence-corrected chi connectivity index (χ2v) is 6.79. The van der Waals surface area contributed by atoms with Gasteiger partial charge in [0.1, 0.15) is 11.6 Å². The van der Waals surface area contributed by atoms with Crippen LogP contribution in [0.1, 0.15) is 16.1 Å². The number of aryl methyl sites for hydroxylation is 2. The molecule has 1 aromatic heterocycles. The van der Waals surface area contributed by atoms with Crippen molar-refractivity contribution in [3.8, 4) is 5.75 Å². The highest BCUT2D eigenvalue weighted by Gasteiger charge is 2.26. The van der Waals surface area contributed by atoms with Gasteiger partial charge in [-0.1, -0.05) is 12.1 Å². The molecule has 1 fully saturated rings. The van der Waals surface area contributed by atoms with Crippen LogP contribution in [0.15, 0.2) is 30.3 Å². The number of benzene rings is 1. The first-order valence-electron chi connectivity index (χ1n) is 9.19. The lowest BCUT2D eigenvalue weighted by Gasteiger charge is -2.34. The molecule has 1 aromatic carbocycles. The number of piperazine rings is 1. The number of aromatic nitrogens is 2. The molecule has 156 valence electrons. The Hall–Kier alpha value is -3.01. The molecule has 2 heterocycles. The molecule has 1 N–H and O–H groups in total. The molecule has 3 rings (SSSR count). The number of alkyl halides is 2. The summed E-state index contributed by atoms with van der Waals surface area (Å²) in [5.74, 6) is -0.0445. The zero-order chi connectivity index (χ0) is 21.0. The van der Waals surface area contributed by atoms with Gasteiger partial charge in [-0.25, -0.2) is 0 Å². The van der Waals surface area contributed by atoms with Crippen molar-refractivity contribution in [1.29, 1.82) is 0 Å². The fourth-order valence-electron chi connectivity index (χ4n) is 3.23. The van der Waals surface area contributed by atoms with Crippen LogP contribution in [0.25, 0.3) is 0 Å². The number of hydrogen-bond acceptors (Lipinski definition) is 5. The van der Waals surface area contributed by atoms with Gasteiger partial charge in [0.05, 0.1) is 17.8 Å². The summed E-state index contributed by atoms with van der Waals surface area (Å²) < 4.78 is 31.2. The first kappa shape index (κ1) is 20.7.